The molecular weight excluding hydrogens is 432 g/mol. The van der Waals surface area contributed by atoms with Crippen molar-refractivity contribution in [1.29, 1.82) is 0 Å². The summed E-state index contributed by atoms with van der Waals surface area (Å²) < 4.78 is 33.6. The molecule has 0 aromatic heterocycles. The normalized spacial score (nSPS) is 28.7. The second-order valence-electron chi connectivity index (χ2n) is 9.74. The summed E-state index contributed by atoms with van der Waals surface area (Å²) >= 11 is 0. The van der Waals surface area contributed by atoms with Gasteiger partial charge in [-0.1, -0.05) is 67.6 Å². The van der Waals surface area contributed by atoms with Gasteiger partial charge in [0.05, 0.1) is 25.0 Å². The Morgan fingerprint density at radius 1 is 0.970 bits per heavy atom. The first-order valence-electron chi connectivity index (χ1n) is 12.4. The van der Waals surface area contributed by atoms with Crippen molar-refractivity contribution in [3.63, 3.8) is 0 Å². The fraction of sp³-hybridized carbons (Fsp3) is 0.556. The summed E-state index contributed by atoms with van der Waals surface area (Å²) in [6, 6.07) is 21.5. The molecule has 6 heteroatoms. The van der Waals surface area contributed by atoms with Crippen LogP contribution in [0, 0.1) is 0 Å². The average Bonchev–Trinajstić information content (AvgIpc) is 3.13. The van der Waals surface area contributed by atoms with E-state index in [2.05, 4.69) is 71.1 Å². The molecular formula is C27H38N2O3S. The average molecular weight is 471 g/mol. The van der Waals surface area contributed by atoms with E-state index in [1.807, 2.05) is 6.07 Å². The van der Waals surface area contributed by atoms with Crippen molar-refractivity contribution in [1.82, 2.24) is 9.62 Å². The molecule has 180 valence electrons. The quantitative estimate of drug-likeness (QED) is 0.577. The van der Waals surface area contributed by atoms with E-state index in [0.717, 1.165) is 45.1 Å². The van der Waals surface area contributed by atoms with E-state index in [0.29, 0.717) is 18.6 Å². The zero-order chi connectivity index (χ0) is 23.3. The number of rotatable bonds is 9. The van der Waals surface area contributed by atoms with Gasteiger partial charge in [-0.25, -0.2) is 13.1 Å². The molecule has 2 aromatic rings. The second-order valence-corrected chi connectivity index (χ2v) is 11.5. The van der Waals surface area contributed by atoms with Crippen LogP contribution < -0.4 is 4.72 Å². The highest BCUT2D eigenvalue weighted by Gasteiger charge is 2.42. The largest absolute Gasteiger partial charge is 0.377 e. The van der Waals surface area contributed by atoms with Crippen molar-refractivity contribution in [2.75, 3.05) is 12.9 Å². The number of sulfonamides is 1. The van der Waals surface area contributed by atoms with E-state index >= 15 is 0 Å². The molecule has 0 bridgehead atoms. The smallest absolute Gasteiger partial charge is 0.209 e. The van der Waals surface area contributed by atoms with Crippen LogP contribution in [0.5, 0.6) is 0 Å². The predicted molar refractivity (Wildman–Crippen MR) is 134 cm³/mol. The monoisotopic (exact) mass is 470 g/mol. The lowest BCUT2D eigenvalue weighted by Gasteiger charge is -2.34. The molecule has 2 aromatic carbocycles. The summed E-state index contributed by atoms with van der Waals surface area (Å²) in [5.41, 5.74) is 2.69. The van der Waals surface area contributed by atoms with Gasteiger partial charge in [-0.2, -0.15) is 0 Å². The van der Waals surface area contributed by atoms with Gasteiger partial charge in [0.15, 0.2) is 0 Å². The zero-order valence-corrected chi connectivity index (χ0v) is 20.7. The van der Waals surface area contributed by atoms with Crippen LogP contribution in [-0.4, -0.2) is 50.4 Å². The maximum absolute atomic E-state index is 12.1. The van der Waals surface area contributed by atoms with Crippen LogP contribution in [-0.2, 0) is 21.3 Å². The number of hydrogen-bond donors (Lipinski definition) is 1. The third kappa shape index (κ3) is 6.66. The van der Waals surface area contributed by atoms with Gasteiger partial charge >= 0.3 is 0 Å². The van der Waals surface area contributed by atoms with Crippen LogP contribution in [0.3, 0.4) is 0 Å². The Morgan fingerprint density at radius 3 is 2.21 bits per heavy atom. The van der Waals surface area contributed by atoms with Gasteiger partial charge in [-0.3, -0.25) is 4.90 Å². The summed E-state index contributed by atoms with van der Waals surface area (Å²) in [7, 11) is -3.28. The van der Waals surface area contributed by atoms with E-state index in [9.17, 15) is 8.42 Å². The molecule has 1 saturated heterocycles. The summed E-state index contributed by atoms with van der Waals surface area (Å²) in [6.45, 7) is 3.57. The Labute approximate surface area is 199 Å². The van der Waals surface area contributed by atoms with Gasteiger partial charge in [0.1, 0.15) is 0 Å². The zero-order valence-electron chi connectivity index (χ0n) is 19.9. The molecule has 1 heterocycles. The molecule has 33 heavy (non-hydrogen) atoms. The number of ether oxygens (including phenoxy) is 1. The first kappa shape index (κ1) is 24.4. The number of likely N-dealkylation sites (tertiary alicyclic amines) is 1. The summed E-state index contributed by atoms with van der Waals surface area (Å²) in [6.07, 6.45) is 7.75. The molecule has 0 amide bonds. The van der Waals surface area contributed by atoms with Crippen molar-refractivity contribution < 1.29 is 13.2 Å². The lowest BCUT2D eigenvalue weighted by Crippen LogP contribution is -2.48. The third-order valence-corrected chi connectivity index (χ3v) is 8.11. The second kappa shape index (κ2) is 11.1. The van der Waals surface area contributed by atoms with Crippen LogP contribution in [0.25, 0.3) is 0 Å². The lowest BCUT2D eigenvalue weighted by molar-refractivity contribution is -0.0124. The Kier molecular flexibility index (Phi) is 8.23. The highest BCUT2D eigenvalue weighted by atomic mass is 32.2. The van der Waals surface area contributed by atoms with Gasteiger partial charge < -0.3 is 4.74 Å². The van der Waals surface area contributed by atoms with E-state index in [4.69, 9.17) is 4.74 Å². The van der Waals surface area contributed by atoms with Crippen molar-refractivity contribution >= 4 is 10.0 Å². The highest BCUT2D eigenvalue weighted by Crippen LogP contribution is 2.35. The molecule has 1 aliphatic carbocycles. The van der Waals surface area contributed by atoms with Crippen LogP contribution in [0.4, 0.5) is 0 Å². The van der Waals surface area contributed by atoms with E-state index in [1.165, 1.54) is 17.4 Å². The van der Waals surface area contributed by atoms with Crippen LogP contribution >= 0.6 is 0 Å². The number of hydrogen-bond acceptors (Lipinski definition) is 4. The van der Waals surface area contributed by atoms with Gasteiger partial charge in [0.2, 0.25) is 10.0 Å². The summed E-state index contributed by atoms with van der Waals surface area (Å²) in [5.74, 6) is 0.622. The Hall–Kier alpha value is -1.73. The van der Waals surface area contributed by atoms with E-state index in [-0.39, 0.29) is 18.2 Å². The minimum atomic E-state index is -3.28. The fourth-order valence-corrected chi connectivity index (χ4v) is 6.47. The Balaban J connectivity index is 1.41. The molecule has 1 saturated carbocycles. The van der Waals surface area contributed by atoms with E-state index < -0.39 is 10.0 Å². The molecule has 2 aliphatic rings. The van der Waals surface area contributed by atoms with Gasteiger partial charge in [-0.05, 0) is 55.6 Å². The van der Waals surface area contributed by atoms with Crippen molar-refractivity contribution in [3.8, 4) is 0 Å². The van der Waals surface area contributed by atoms with E-state index in [1.54, 1.807) is 0 Å². The Morgan fingerprint density at radius 2 is 1.61 bits per heavy atom. The molecule has 1 aliphatic heterocycles. The molecule has 2 unspecified atom stereocenters. The van der Waals surface area contributed by atoms with Crippen molar-refractivity contribution in [2.45, 2.75) is 82.1 Å². The summed E-state index contributed by atoms with van der Waals surface area (Å²) in [4.78, 5) is 2.47. The maximum Gasteiger partial charge on any atom is 0.209 e. The molecule has 0 radical (unpaired) electrons. The van der Waals surface area contributed by atoms with Gasteiger partial charge in [0, 0.05) is 18.6 Å². The first-order valence-corrected chi connectivity index (χ1v) is 14.3. The highest BCUT2D eigenvalue weighted by molar-refractivity contribution is 7.88. The van der Waals surface area contributed by atoms with Crippen LogP contribution in [0.1, 0.15) is 62.5 Å². The minimum Gasteiger partial charge on any atom is -0.377 e. The van der Waals surface area contributed by atoms with Crippen LogP contribution in [0.2, 0.25) is 0 Å². The predicted octanol–water partition coefficient (Wildman–Crippen LogP) is 4.70. The first-order chi connectivity index (χ1) is 15.9. The summed E-state index contributed by atoms with van der Waals surface area (Å²) in [5, 5.41) is 0. The molecule has 5 nitrogen and oxygen atoms in total. The molecule has 3 atom stereocenters. The lowest BCUT2D eigenvalue weighted by atomic mass is 9.83. The molecule has 2 fully saturated rings. The standard InChI is InChI=1S/C27H38N2O3S/c1-3-24-18-26(28-33(2,30)31)27(29(24)19-21-10-6-4-7-11-21)20-32-25-16-14-23(15-17-25)22-12-8-5-9-13-22/h4-13,23-28H,3,14-20H2,1-2H3/t23?,24?,25?,26-,27?/m0/s1. The van der Waals surface area contributed by atoms with Gasteiger partial charge in [-0.15, -0.1) is 0 Å². The minimum absolute atomic E-state index is 0.0386. The van der Waals surface area contributed by atoms with Crippen LogP contribution in [0.15, 0.2) is 60.7 Å². The maximum atomic E-state index is 12.1. The number of nitrogens with one attached hydrogen (secondary N) is 1. The van der Waals surface area contributed by atoms with Crippen molar-refractivity contribution in [2.24, 2.45) is 0 Å². The van der Waals surface area contributed by atoms with Crippen molar-refractivity contribution in [3.05, 3.63) is 71.8 Å². The Bertz CT molecular complexity index is 959. The number of benzene rings is 2. The molecule has 1 N–H and O–H groups in total. The number of nitrogens with zero attached hydrogens (tertiary/aromatic N) is 1. The fourth-order valence-electron chi connectivity index (χ4n) is 5.67. The third-order valence-electron chi connectivity index (χ3n) is 7.38. The topological polar surface area (TPSA) is 58.6 Å². The van der Waals surface area contributed by atoms with Gasteiger partial charge in [0.25, 0.3) is 0 Å². The molecule has 4 rings (SSSR count). The SMILES string of the molecule is CCC1C[C@H](NS(C)(=O)=O)C(COC2CCC(c3ccccc3)CC2)N1Cc1ccccc1. The molecule has 0 spiro atoms.